The maximum atomic E-state index is 12.1. The number of nitrogens with one attached hydrogen (secondary N) is 1. The zero-order valence-corrected chi connectivity index (χ0v) is 14.6. The van der Waals surface area contributed by atoms with Crippen LogP contribution in [0.25, 0.3) is 0 Å². The highest BCUT2D eigenvalue weighted by Crippen LogP contribution is 2.40. The van der Waals surface area contributed by atoms with Gasteiger partial charge >= 0.3 is 0 Å². The largest absolute Gasteiger partial charge is 0.311 e. The third-order valence-electron chi connectivity index (χ3n) is 4.04. The lowest BCUT2D eigenvalue weighted by atomic mass is 10.2. The van der Waals surface area contributed by atoms with Crippen LogP contribution in [0.5, 0.6) is 0 Å². The van der Waals surface area contributed by atoms with E-state index in [9.17, 15) is 4.79 Å². The molecule has 122 valence electrons. The maximum Gasteiger partial charge on any atom is 0.226 e. The van der Waals surface area contributed by atoms with Crippen LogP contribution in [0.1, 0.15) is 32.2 Å². The molecule has 0 aliphatic heterocycles. The molecular weight excluding hydrogens is 330 g/mol. The summed E-state index contributed by atoms with van der Waals surface area (Å²) in [6, 6.07) is 9.88. The van der Waals surface area contributed by atoms with E-state index >= 15 is 0 Å². The van der Waals surface area contributed by atoms with Gasteiger partial charge < -0.3 is 5.32 Å². The molecule has 6 heteroatoms. The van der Waals surface area contributed by atoms with Gasteiger partial charge in [0.25, 0.3) is 0 Å². The summed E-state index contributed by atoms with van der Waals surface area (Å²) in [5.41, 5.74) is 0. The van der Waals surface area contributed by atoms with Crippen molar-refractivity contribution in [1.29, 1.82) is 0 Å². The second-order valence-corrected chi connectivity index (χ2v) is 7.44. The van der Waals surface area contributed by atoms with Gasteiger partial charge in [0.05, 0.1) is 12.2 Å². The highest BCUT2D eigenvalue weighted by molar-refractivity contribution is 7.99. The van der Waals surface area contributed by atoms with E-state index < -0.39 is 0 Å². The number of hydrogen-bond acceptors (Lipinski definition) is 3. The van der Waals surface area contributed by atoms with Crippen molar-refractivity contribution in [2.75, 3.05) is 11.1 Å². The summed E-state index contributed by atoms with van der Waals surface area (Å²) in [5, 5.41) is 8.05. The maximum absolute atomic E-state index is 12.1. The van der Waals surface area contributed by atoms with Crippen molar-refractivity contribution in [3.8, 4) is 0 Å². The Balaban J connectivity index is 1.48. The smallest absolute Gasteiger partial charge is 0.226 e. The number of carbonyl (C=O) groups is 1. The van der Waals surface area contributed by atoms with Gasteiger partial charge in [-0.3, -0.25) is 4.79 Å². The van der Waals surface area contributed by atoms with Crippen molar-refractivity contribution < 1.29 is 4.79 Å². The zero-order valence-electron chi connectivity index (χ0n) is 13.0. The lowest BCUT2D eigenvalue weighted by Gasteiger charge is -2.15. The fourth-order valence-corrected chi connectivity index (χ4v) is 3.49. The van der Waals surface area contributed by atoms with Gasteiger partial charge in [-0.15, -0.1) is 11.8 Å². The molecule has 1 N–H and O–H groups in total. The van der Waals surface area contributed by atoms with E-state index in [1.807, 2.05) is 35.0 Å². The molecule has 1 aromatic carbocycles. The first-order valence-electron chi connectivity index (χ1n) is 7.85. The molecular formula is C17H20ClN3OS. The molecule has 4 nitrogen and oxygen atoms in total. The van der Waals surface area contributed by atoms with Gasteiger partial charge in [-0.2, -0.15) is 5.10 Å². The molecule has 1 fully saturated rings. The summed E-state index contributed by atoms with van der Waals surface area (Å²) in [5.74, 6) is 2.26. The number of rotatable bonds is 7. The van der Waals surface area contributed by atoms with Crippen LogP contribution in [0, 0.1) is 5.92 Å². The van der Waals surface area contributed by atoms with Crippen LogP contribution in [0.4, 0.5) is 5.82 Å². The summed E-state index contributed by atoms with van der Waals surface area (Å²) in [6.45, 7) is 2.16. The molecule has 0 saturated heterocycles. The third-order valence-corrected chi connectivity index (χ3v) is 5.31. The second kappa shape index (κ2) is 7.41. The van der Waals surface area contributed by atoms with Crippen LogP contribution in [0.2, 0.25) is 5.02 Å². The number of carbonyl (C=O) groups excluding carboxylic acids is 1. The van der Waals surface area contributed by atoms with Gasteiger partial charge in [0.2, 0.25) is 5.91 Å². The van der Waals surface area contributed by atoms with Crippen LogP contribution < -0.4 is 5.32 Å². The monoisotopic (exact) mass is 349 g/mol. The average Bonchev–Trinajstić information content (AvgIpc) is 3.29. The van der Waals surface area contributed by atoms with Crippen LogP contribution in [-0.4, -0.2) is 21.4 Å². The van der Waals surface area contributed by atoms with E-state index in [4.69, 9.17) is 11.6 Å². The number of aromatic nitrogens is 2. The summed E-state index contributed by atoms with van der Waals surface area (Å²) < 4.78 is 1.93. The second-order valence-electron chi connectivity index (χ2n) is 5.84. The number of halogens is 1. The molecule has 3 rings (SSSR count). The minimum absolute atomic E-state index is 0.0243. The summed E-state index contributed by atoms with van der Waals surface area (Å²) in [7, 11) is 0. The van der Waals surface area contributed by atoms with Gasteiger partial charge in [0.1, 0.15) is 5.82 Å². The Morgan fingerprint density at radius 2 is 2.13 bits per heavy atom. The van der Waals surface area contributed by atoms with Gasteiger partial charge in [-0.1, -0.05) is 11.6 Å². The quantitative estimate of drug-likeness (QED) is 0.741. The standard InChI is InChI=1S/C17H20ClN3OS/c1-12(13-2-3-13)21-16(8-10-19-21)20-17(22)9-11-23-15-6-4-14(18)5-7-15/h4-8,10,12-13H,2-3,9,11H2,1H3,(H,20,22). The van der Waals surface area contributed by atoms with Gasteiger partial charge in [-0.05, 0) is 49.9 Å². The highest BCUT2D eigenvalue weighted by Gasteiger charge is 2.30. The number of amides is 1. The first-order valence-corrected chi connectivity index (χ1v) is 9.21. The Morgan fingerprint density at radius 3 is 2.83 bits per heavy atom. The Kier molecular flexibility index (Phi) is 5.28. The van der Waals surface area contributed by atoms with Crippen LogP contribution in [0.15, 0.2) is 41.4 Å². The molecule has 1 unspecified atom stereocenters. The first-order chi connectivity index (χ1) is 11.1. The Morgan fingerprint density at radius 1 is 1.39 bits per heavy atom. The number of hydrogen-bond donors (Lipinski definition) is 1. The average molecular weight is 350 g/mol. The van der Waals surface area contributed by atoms with Crippen molar-refractivity contribution in [2.24, 2.45) is 5.92 Å². The molecule has 1 aliphatic carbocycles. The predicted molar refractivity (Wildman–Crippen MR) is 95.1 cm³/mol. The van der Waals surface area contributed by atoms with E-state index in [-0.39, 0.29) is 5.91 Å². The van der Waals surface area contributed by atoms with E-state index in [0.717, 1.165) is 21.5 Å². The van der Waals surface area contributed by atoms with Crippen molar-refractivity contribution in [3.63, 3.8) is 0 Å². The fraction of sp³-hybridized carbons (Fsp3) is 0.412. The van der Waals surface area contributed by atoms with Crippen molar-refractivity contribution >= 4 is 35.1 Å². The topological polar surface area (TPSA) is 46.9 Å². The van der Waals surface area contributed by atoms with E-state index in [1.165, 1.54) is 12.8 Å². The molecule has 2 aromatic rings. The fourth-order valence-electron chi connectivity index (χ4n) is 2.51. The van der Waals surface area contributed by atoms with Crippen molar-refractivity contribution in [2.45, 2.75) is 37.1 Å². The molecule has 1 aromatic heterocycles. The normalized spacial score (nSPS) is 15.4. The lowest BCUT2D eigenvalue weighted by Crippen LogP contribution is -2.18. The Bertz CT molecular complexity index is 667. The number of nitrogens with zero attached hydrogens (tertiary/aromatic N) is 2. The number of thioether (sulfide) groups is 1. The van der Waals surface area contributed by atoms with E-state index in [1.54, 1.807) is 18.0 Å². The molecule has 1 atom stereocenters. The number of anilines is 1. The molecule has 0 bridgehead atoms. The highest BCUT2D eigenvalue weighted by atomic mass is 35.5. The van der Waals surface area contributed by atoms with Gasteiger partial charge in [0.15, 0.2) is 0 Å². The minimum Gasteiger partial charge on any atom is -0.311 e. The Labute approximate surface area is 145 Å². The van der Waals surface area contributed by atoms with Crippen LogP contribution in [0.3, 0.4) is 0 Å². The van der Waals surface area contributed by atoms with Crippen LogP contribution >= 0.6 is 23.4 Å². The molecule has 1 saturated carbocycles. The summed E-state index contributed by atoms with van der Waals surface area (Å²) in [6.07, 6.45) is 4.73. The van der Waals surface area contributed by atoms with E-state index in [2.05, 4.69) is 17.3 Å². The van der Waals surface area contributed by atoms with Gasteiger partial charge in [0, 0.05) is 28.2 Å². The Hall–Kier alpha value is -1.46. The molecule has 1 aliphatic rings. The molecule has 1 heterocycles. The minimum atomic E-state index is 0.0243. The van der Waals surface area contributed by atoms with Gasteiger partial charge in [-0.25, -0.2) is 4.68 Å². The molecule has 0 radical (unpaired) electrons. The molecule has 23 heavy (non-hydrogen) atoms. The molecule has 0 spiro atoms. The van der Waals surface area contributed by atoms with Crippen LogP contribution in [-0.2, 0) is 4.79 Å². The first kappa shape index (κ1) is 16.4. The summed E-state index contributed by atoms with van der Waals surface area (Å²) >= 11 is 7.51. The predicted octanol–water partition coefficient (Wildman–Crippen LogP) is 4.63. The lowest BCUT2D eigenvalue weighted by molar-refractivity contribution is -0.115. The molecule has 1 amide bonds. The van der Waals surface area contributed by atoms with E-state index in [0.29, 0.717) is 18.4 Å². The summed E-state index contributed by atoms with van der Waals surface area (Å²) in [4.78, 5) is 13.2. The van der Waals surface area contributed by atoms with Crippen molar-refractivity contribution in [3.05, 3.63) is 41.6 Å². The number of benzene rings is 1. The third kappa shape index (κ3) is 4.52. The zero-order chi connectivity index (χ0) is 16.2. The SMILES string of the molecule is CC(C1CC1)n1nccc1NC(=O)CCSc1ccc(Cl)cc1. The van der Waals surface area contributed by atoms with Crippen molar-refractivity contribution in [1.82, 2.24) is 9.78 Å².